The van der Waals surface area contributed by atoms with Crippen molar-refractivity contribution in [2.75, 3.05) is 6.61 Å². The molecule has 1 unspecified atom stereocenters. The van der Waals surface area contributed by atoms with E-state index in [1.807, 2.05) is 0 Å². The maximum Gasteiger partial charge on any atom is 0.418 e. The molecule has 0 aliphatic carbocycles. The molecule has 5 nitrogen and oxygen atoms in total. The van der Waals surface area contributed by atoms with E-state index in [4.69, 9.17) is 5.53 Å². The largest absolute Gasteiger partial charge is 0.469 e. The number of halogens is 6. The molecule has 0 N–H and O–H groups in total. The molecule has 0 saturated heterocycles. The van der Waals surface area contributed by atoms with Crippen molar-refractivity contribution in [3.8, 4) is 0 Å². The first kappa shape index (κ1) is 17.0. The second-order valence-electron chi connectivity index (χ2n) is 3.64. The van der Waals surface area contributed by atoms with Gasteiger partial charge in [-0.25, -0.2) is 4.79 Å². The van der Waals surface area contributed by atoms with Crippen molar-refractivity contribution >= 4 is 5.97 Å². The fourth-order valence-corrected chi connectivity index (χ4v) is 1.56. The van der Waals surface area contributed by atoms with E-state index in [9.17, 15) is 31.1 Å². The lowest BCUT2D eigenvalue weighted by molar-refractivity contribution is -0.143. The summed E-state index contributed by atoms with van der Waals surface area (Å²) in [4.78, 5) is 11.4. The normalized spacial score (nSPS) is 19.8. The Bertz CT molecular complexity index is 506. The van der Waals surface area contributed by atoms with E-state index in [0.717, 1.165) is 0 Å². The summed E-state index contributed by atoms with van der Waals surface area (Å²) >= 11 is 0. The molecule has 0 aromatic heterocycles. The second-order valence-corrected chi connectivity index (χ2v) is 3.64. The summed E-state index contributed by atoms with van der Waals surface area (Å²) in [5.74, 6) is -1.64. The van der Waals surface area contributed by atoms with Crippen LogP contribution in [-0.4, -0.2) is 31.2 Å². The molecule has 0 amide bonds. The molecule has 0 spiro atoms. The van der Waals surface area contributed by atoms with Gasteiger partial charge >= 0.3 is 18.3 Å². The van der Waals surface area contributed by atoms with Gasteiger partial charge in [-0.1, -0.05) is 0 Å². The van der Waals surface area contributed by atoms with Gasteiger partial charge in [-0.2, -0.15) is 26.3 Å². The predicted molar refractivity (Wildman–Crippen MR) is 53.3 cm³/mol. The first-order valence-electron chi connectivity index (χ1n) is 5.29. The average Bonchev–Trinajstić information content (AvgIpc) is 2.35. The van der Waals surface area contributed by atoms with Crippen LogP contribution in [0.3, 0.4) is 0 Å². The Morgan fingerprint density at radius 3 is 2.29 bits per heavy atom. The molecule has 0 aromatic rings. The highest BCUT2D eigenvalue weighted by Crippen LogP contribution is 2.44. The molecule has 21 heavy (non-hydrogen) atoms. The monoisotopic (exact) mass is 317 g/mol. The number of nitrogens with zero attached hydrogens (tertiary/aromatic N) is 2. The standard InChI is InChI=1S/C10H7F6N2O3/c1-2-20-8(19)4-3-21-7(18-17)6(10(14,15)16)5(4)9(11,12)13/h3,7H,2H2,1H3. The quantitative estimate of drug-likeness (QED) is 0.456. The molecule has 1 atom stereocenters. The van der Waals surface area contributed by atoms with Crippen LogP contribution >= 0.6 is 0 Å². The minimum atomic E-state index is -5.53. The van der Waals surface area contributed by atoms with Gasteiger partial charge in [0.25, 0.3) is 0 Å². The Kier molecular flexibility index (Phi) is 4.64. The van der Waals surface area contributed by atoms with Crippen LogP contribution in [0.4, 0.5) is 26.3 Å². The highest BCUT2D eigenvalue weighted by molar-refractivity contribution is 5.94. The van der Waals surface area contributed by atoms with Crippen LogP contribution in [0, 0.1) is 0 Å². The summed E-state index contributed by atoms with van der Waals surface area (Å²) < 4.78 is 85.5. The molecule has 0 aromatic carbocycles. The highest BCUT2D eigenvalue weighted by Gasteiger charge is 2.54. The zero-order valence-corrected chi connectivity index (χ0v) is 10.2. The topological polar surface area (TPSA) is 70.2 Å². The van der Waals surface area contributed by atoms with Crippen molar-refractivity contribution < 1.29 is 40.6 Å². The molecule has 0 fully saturated rings. The van der Waals surface area contributed by atoms with Gasteiger partial charge in [0.1, 0.15) is 17.4 Å². The van der Waals surface area contributed by atoms with Crippen molar-refractivity contribution in [1.82, 2.24) is 5.53 Å². The van der Waals surface area contributed by atoms with Gasteiger partial charge < -0.3 is 9.47 Å². The Hall–Kier alpha value is -2.07. The summed E-state index contributed by atoms with van der Waals surface area (Å²) in [6.07, 6.45) is -13.6. The van der Waals surface area contributed by atoms with Crippen LogP contribution in [0.25, 0.3) is 0 Å². The summed E-state index contributed by atoms with van der Waals surface area (Å²) in [7, 11) is 0. The molecular formula is C10H7F6N2O3. The molecule has 1 aliphatic heterocycles. The van der Waals surface area contributed by atoms with E-state index < -0.39 is 41.3 Å². The van der Waals surface area contributed by atoms with E-state index >= 15 is 0 Å². The minimum Gasteiger partial charge on any atom is -0.469 e. The molecule has 1 radical (unpaired) electrons. The fraction of sp³-hybridized carbons (Fsp3) is 0.500. The number of ether oxygens (including phenoxy) is 2. The van der Waals surface area contributed by atoms with E-state index in [1.54, 1.807) is 0 Å². The van der Waals surface area contributed by atoms with Crippen molar-refractivity contribution in [3.05, 3.63) is 23.0 Å². The van der Waals surface area contributed by atoms with Crippen molar-refractivity contribution in [2.45, 2.75) is 25.5 Å². The van der Waals surface area contributed by atoms with Crippen LogP contribution < -0.4 is 5.53 Å². The van der Waals surface area contributed by atoms with Gasteiger partial charge in [0.05, 0.1) is 12.2 Å². The first-order valence-corrected chi connectivity index (χ1v) is 5.29. The fourth-order valence-electron chi connectivity index (χ4n) is 1.56. The first-order chi connectivity index (χ1) is 9.54. The lowest BCUT2D eigenvalue weighted by Crippen LogP contribution is -2.35. The number of esters is 1. The van der Waals surface area contributed by atoms with E-state index in [-0.39, 0.29) is 12.9 Å². The van der Waals surface area contributed by atoms with Crippen molar-refractivity contribution in [1.29, 1.82) is 0 Å². The van der Waals surface area contributed by atoms with E-state index in [2.05, 4.69) is 14.6 Å². The highest BCUT2D eigenvalue weighted by atomic mass is 19.4. The number of carbonyl (C=O) groups is 1. The molecule has 1 rings (SSSR count). The van der Waals surface area contributed by atoms with Gasteiger partial charge in [-0.3, -0.25) is 0 Å². The Labute approximate surface area is 113 Å². The van der Waals surface area contributed by atoms with Gasteiger partial charge in [0.15, 0.2) is 0 Å². The number of hydrogen-bond donors (Lipinski definition) is 0. The van der Waals surface area contributed by atoms with E-state index in [0.29, 0.717) is 0 Å². The SMILES string of the molecule is CCOC(=O)C1=COC(N=[N])C(C(F)(F)F)=C1C(F)(F)F. The summed E-state index contributed by atoms with van der Waals surface area (Å²) in [6.45, 7) is 0.909. The minimum absolute atomic E-state index is 0.125. The van der Waals surface area contributed by atoms with Crippen molar-refractivity contribution in [3.63, 3.8) is 0 Å². The maximum atomic E-state index is 12.9. The lowest BCUT2D eigenvalue weighted by atomic mass is 9.96. The van der Waals surface area contributed by atoms with Crippen LogP contribution in [0.1, 0.15) is 6.92 Å². The molecule has 0 saturated carbocycles. The smallest absolute Gasteiger partial charge is 0.418 e. The average molecular weight is 317 g/mol. The number of alkyl halides is 6. The molecule has 1 heterocycles. The summed E-state index contributed by atoms with van der Waals surface area (Å²) in [5, 5.41) is 2.10. The number of rotatable bonds is 3. The third-order valence-corrected chi connectivity index (χ3v) is 2.29. The summed E-state index contributed by atoms with van der Waals surface area (Å²) in [6, 6.07) is 0. The number of carbonyl (C=O) groups excluding carboxylic acids is 1. The predicted octanol–water partition coefficient (Wildman–Crippen LogP) is 2.46. The zero-order valence-electron chi connectivity index (χ0n) is 10.2. The molecule has 117 valence electrons. The third kappa shape index (κ3) is 3.52. The van der Waals surface area contributed by atoms with Gasteiger partial charge in [-0.05, 0) is 12.5 Å². The zero-order chi connectivity index (χ0) is 16.4. The van der Waals surface area contributed by atoms with Crippen molar-refractivity contribution in [2.24, 2.45) is 5.11 Å². The Balaban J connectivity index is 3.56. The maximum absolute atomic E-state index is 12.9. The van der Waals surface area contributed by atoms with Gasteiger partial charge in [-0.15, -0.1) is 5.11 Å². The van der Waals surface area contributed by atoms with Crippen LogP contribution in [-0.2, 0) is 14.3 Å². The molecular weight excluding hydrogens is 310 g/mol. The summed E-state index contributed by atoms with van der Waals surface area (Å²) in [5.41, 5.74) is 2.31. The van der Waals surface area contributed by atoms with Gasteiger partial charge in [0, 0.05) is 0 Å². The molecule has 0 bridgehead atoms. The van der Waals surface area contributed by atoms with Crippen LogP contribution in [0.5, 0.6) is 0 Å². The molecule has 11 heteroatoms. The molecule has 1 aliphatic rings. The second kappa shape index (κ2) is 5.74. The lowest BCUT2D eigenvalue weighted by Gasteiger charge is -2.27. The van der Waals surface area contributed by atoms with Gasteiger partial charge in [0.2, 0.25) is 6.23 Å². The third-order valence-electron chi connectivity index (χ3n) is 2.29. The number of hydrogen-bond acceptors (Lipinski definition) is 4. The Morgan fingerprint density at radius 2 is 1.90 bits per heavy atom. The van der Waals surface area contributed by atoms with E-state index in [1.165, 1.54) is 6.92 Å². The van der Waals surface area contributed by atoms with Crippen LogP contribution in [0.15, 0.2) is 28.1 Å². The Morgan fingerprint density at radius 1 is 1.33 bits per heavy atom. The van der Waals surface area contributed by atoms with Crippen LogP contribution in [0.2, 0.25) is 0 Å².